The first kappa shape index (κ1) is 13.8. The third-order valence-corrected chi connectivity index (χ3v) is 2.92. The number of aromatic nitrogens is 2. The summed E-state index contributed by atoms with van der Waals surface area (Å²) in [6.45, 7) is 1.70. The van der Waals surface area contributed by atoms with E-state index in [0.717, 1.165) is 5.69 Å². The average Bonchev–Trinajstić information content (AvgIpc) is 2.94. The smallest absolute Gasteiger partial charge is 0.326 e. The van der Waals surface area contributed by atoms with Crippen molar-refractivity contribution in [2.75, 3.05) is 0 Å². The summed E-state index contributed by atoms with van der Waals surface area (Å²) in [7, 11) is 0. The van der Waals surface area contributed by atoms with Crippen molar-refractivity contribution in [2.45, 2.75) is 19.4 Å². The first-order valence-electron chi connectivity index (χ1n) is 6.25. The second kappa shape index (κ2) is 6.01. The maximum atomic E-state index is 12.1. The molecule has 2 N–H and O–H groups in total. The van der Waals surface area contributed by atoms with Gasteiger partial charge in [0, 0.05) is 5.69 Å². The van der Waals surface area contributed by atoms with E-state index in [2.05, 4.69) is 10.3 Å². The van der Waals surface area contributed by atoms with Crippen LogP contribution in [0.3, 0.4) is 0 Å². The van der Waals surface area contributed by atoms with Crippen molar-refractivity contribution in [1.29, 1.82) is 0 Å². The van der Waals surface area contributed by atoms with E-state index in [9.17, 15) is 9.59 Å². The predicted molar refractivity (Wildman–Crippen MR) is 72.7 cm³/mol. The molecule has 1 amide bonds. The molecule has 1 heterocycles. The highest BCUT2D eigenvalue weighted by Crippen LogP contribution is 2.11. The average molecular weight is 273 g/mol. The van der Waals surface area contributed by atoms with Gasteiger partial charge in [0.25, 0.3) is 5.91 Å². The number of nitrogens with zero attached hydrogens (tertiary/aromatic N) is 2. The van der Waals surface area contributed by atoms with Crippen LogP contribution in [-0.2, 0) is 4.79 Å². The van der Waals surface area contributed by atoms with Gasteiger partial charge in [-0.2, -0.15) is 0 Å². The number of hydrogen-bond acceptors (Lipinski definition) is 3. The van der Waals surface area contributed by atoms with E-state index in [1.165, 1.54) is 12.5 Å². The van der Waals surface area contributed by atoms with Crippen LogP contribution in [0.15, 0.2) is 42.9 Å². The van der Waals surface area contributed by atoms with Gasteiger partial charge in [0.15, 0.2) is 0 Å². The van der Waals surface area contributed by atoms with Crippen molar-refractivity contribution in [3.05, 3.63) is 48.5 Å². The zero-order valence-electron chi connectivity index (χ0n) is 11.0. The molecule has 0 radical (unpaired) electrons. The highest BCUT2D eigenvalue weighted by atomic mass is 16.4. The minimum absolute atomic E-state index is 0.302. The summed E-state index contributed by atoms with van der Waals surface area (Å²) in [4.78, 5) is 27.0. The molecule has 20 heavy (non-hydrogen) atoms. The van der Waals surface area contributed by atoms with Crippen LogP contribution in [0.2, 0.25) is 0 Å². The second-order valence-electron chi connectivity index (χ2n) is 4.26. The van der Waals surface area contributed by atoms with Crippen molar-refractivity contribution in [3.63, 3.8) is 0 Å². The number of benzene rings is 1. The number of hydrogen-bond donors (Lipinski definition) is 2. The summed E-state index contributed by atoms with van der Waals surface area (Å²) in [5.74, 6) is -1.51. The molecular formula is C14H15N3O3. The molecule has 0 spiro atoms. The summed E-state index contributed by atoms with van der Waals surface area (Å²) in [5.41, 5.74) is 1.09. The highest BCUT2D eigenvalue weighted by molar-refractivity contribution is 5.95. The molecule has 6 heteroatoms. The Labute approximate surface area is 116 Å². The summed E-state index contributed by atoms with van der Waals surface area (Å²) in [6.07, 6.45) is 3.25. The molecule has 1 aromatic carbocycles. The largest absolute Gasteiger partial charge is 0.480 e. The van der Waals surface area contributed by atoms with Crippen molar-refractivity contribution < 1.29 is 14.7 Å². The van der Waals surface area contributed by atoms with Gasteiger partial charge in [-0.3, -0.25) is 9.36 Å². The van der Waals surface area contributed by atoms with Crippen LogP contribution < -0.4 is 5.32 Å². The lowest BCUT2D eigenvalue weighted by molar-refractivity contribution is -0.139. The van der Waals surface area contributed by atoms with E-state index in [-0.39, 0.29) is 0 Å². The maximum Gasteiger partial charge on any atom is 0.326 e. The van der Waals surface area contributed by atoms with Gasteiger partial charge in [-0.15, -0.1) is 0 Å². The molecule has 104 valence electrons. The highest BCUT2D eigenvalue weighted by Gasteiger charge is 2.20. The molecule has 0 fully saturated rings. The zero-order valence-corrected chi connectivity index (χ0v) is 11.0. The number of aliphatic carboxylic acids is 1. The van der Waals surface area contributed by atoms with E-state index in [4.69, 9.17) is 5.11 Å². The number of carbonyl (C=O) groups excluding carboxylic acids is 1. The normalized spacial score (nSPS) is 11.8. The molecule has 1 unspecified atom stereocenters. The number of amides is 1. The Kier molecular flexibility index (Phi) is 4.14. The van der Waals surface area contributed by atoms with Crippen LogP contribution in [0, 0.1) is 0 Å². The number of imidazole rings is 1. The van der Waals surface area contributed by atoms with Crippen molar-refractivity contribution in [3.8, 4) is 5.69 Å². The lowest BCUT2D eigenvalue weighted by Crippen LogP contribution is -2.40. The molecule has 1 atom stereocenters. The van der Waals surface area contributed by atoms with Gasteiger partial charge in [-0.1, -0.05) is 25.1 Å². The Morgan fingerprint density at radius 3 is 2.65 bits per heavy atom. The van der Waals surface area contributed by atoms with E-state index in [1.807, 2.05) is 30.3 Å². The fourth-order valence-electron chi connectivity index (χ4n) is 1.83. The number of rotatable bonds is 5. The Balaban J connectivity index is 2.24. The quantitative estimate of drug-likeness (QED) is 0.864. The van der Waals surface area contributed by atoms with Gasteiger partial charge in [0.05, 0.1) is 12.5 Å². The summed E-state index contributed by atoms with van der Waals surface area (Å²) in [6, 6.07) is 8.35. The van der Waals surface area contributed by atoms with Crippen LogP contribution in [0.4, 0.5) is 0 Å². The Morgan fingerprint density at radius 2 is 2.05 bits per heavy atom. The molecule has 0 aliphatic rings. The van der Waals surface area contributed by atoms with Gasteiger partial charge in [0.2, 0.25) is 0 Å². The van der Waals surface area contributed by atoms with Crippen molar-refractivity contribution >= 4 is 11.9 Å². The fraction of sp³-hybridized carbons (Fsp3) is 0.214. The third-order valence-electron chi connectivity index (χ3n) is 2.92. The molecule has 0 aliphatic carbocycles. The first-order chi connectivity index (χ1) is 9.63. The van der Waals surface area contributed by atoms with E-state index < -0.39 is 17.9 Å². The number of carboxylic acids is 1. The molecule has 2 rings (SSSR count). The second-order valence-corrected chi connectivity index (χ2v) is 4.26. The maximum absolute atomic E-state index is 12.1. The van der Waals surface area contributed by atoms with Gasteiger partial charge < -0.3 is 10.4 Å². The van der Waals surface area contributed by atoms with Gasteiger partial charge in [-0.05, 0) is 18.6 Å². The van der Waals surface area contributed by atoms with Gasteiger partial charge >= 0.3 is 5.97 Å². The SMILES string of the molecule is CCC(NC(=O)c1cncn1-c1ccccc1)C(=O)O. The lowest BCUT2D eigenvalue weighted by Gasteiger charge is -2.13. The summed E-state index contributed by atoms with van der Waals surface area (Å²) >= 11 is 0. The summed E-state index contributed by atoms with van der Waals surface area (Å²) in [5, 5.41) is 11.4. The number of para-hydroxylation sites is 1. The number of carbonyl (C=O) groups is 2. The molecule has 0 bridgehead atoms. The molecule has 2 aromatic rings. The van der Waals surface area contributed by atoms with Crippen LogP contribution in [0.25, 0.3) is 5.69 Å². The minimum atomic E-state index is -1.05. The van der Waals surface area contributed by atoms with Crippen LogP contribution in [0.1, 0.15) is 23.8 Å². The monoisotopic (exact) mass is 273 g/mol. The van der Waals surface area contributed by atoms with E-state index in [1.54, 1.807) is 11.5 Å². The Morgan fingerprint density at radius 1 is 1.35 bits per heavy atom. The zero-order chi connectivity index (χ0) is 14.5. The van der Waals surface area contributed by atoms with Crippen LogP contribution in [-0.4, -0.2) is 32.6 Å². The van der Waals surface area contributed by atoms with E-state index >= 15 is 0 Å². The van der Waals surface area contributed by atoms with Crippen molar-refractivity contribution in [2.24, 2.45) is 0 Å². The number of carboxylic acid groups (broad SMARTS) is 1. The first-order valence-corrected chi connectivity index (χ1v) is 6.25. The Bertz CT molecular complexity index is 607. The predicted octanol–water partition coefficient (Wildman–Crippen LogP) is 1.47. The lowest BCUT2D eigenvalue weighted by atomic mass is 10.2. The van der Waals surface area contributed by atoms with Crippen LogP contribution in [0.5, 0.6) is 0 Å². The van der Waals surface area contributed by atoms with Crippen molar-refractivity contribution in [1.82, 2.24) is 14.9 Å². The minimum Gasteiger partial charge on any atom is -0.480 e. The standard InChI is InChI=1S/C14H15N3O3/c1-2-11(14(19)20)16-13(18)12-8-15-9-17(12)10-6-4-3-5-7-10/h3-9,11H,2H2,1H3,(H,16,18)(H,19,20). The Hall–Kier alpha value is -2.63. The summed E-state index contributed by atoms with van der Waals surface area (Å²) < 4.78 is 1.61. The number of nitrogens with one attached hydrogen (secondary N) is 1. The van der Waals surface area contributed by atoms with Crippen LogP contribution >= 0.6 is 0 Å². The van der Waals surface area contributed by atoms with Gasteiger partial charge in [0.1, 0.15) is 11.7 Å². The third kappa shape index (κ3) is 2.85. The van der Waals surface area contributed by atoms with Gasteiger partial charge in [-0.25, -0.2) is 9.78 Å². The fourth-order valence-corrected chi connectivity index (χ4v) is 1.83. The topological polar surface area (TPSA) is 84.2 Å². The molecular weight excluding hydrogens is 258 g/mol. The molecule has 1 aromatic heterocycles. The van der Waals surface area contributed by atoms with E-state index in [0.29, 0.717) is 12.1 Å². The molecule has 0 aliphatic heterocycles. The molecule has 0 saturated heterocycles. The molecule has 0 saturated carbocycles. The molecule has 6 nitrogen and oxygen atoms in total.